The van der Waals surface area contributed by atoms with Crippen molar-refractivity contribution < 1.29 is 14.0 Å². The molecule has 0 bridgehead atoms. The van der Waals surface area contributed by atoms with Crippen molar-refractivity contribution in [3.8, 4) is 0 Å². The van der Waals surface area contributed by atoms with E-state index < -0.39 is 11.9 Å². The van der Waals surface area contributed by atoms with Gasteiger partial charge in [0.2, 0.25) is 11.8 Å². The molecule has 3 aromatic rings. The van der Waals surface area contributed by atoms with Gasteiger partial charge >= 0.3 is 0 Å². The minimum atomic E-state index is -0.746. The summed E-state index contributed by atoms with van der Waals surface area (Å²) < 4.78 is 14.5. The van der Waals surface area contributed by atoms with Crippen molar-refractivity contribution in [1.82, 2.24) is 10.2 Å². The predicted octanol–water partition coefficient (Wildman–Crippen LogP) is 4.75. The third kappa shape index (κ3) is 7.19. The van der Waals surface area contributed by atoms with Gasteiger partial charge in [-0.1, -0.05) is 78.4 Å². The fourth-order valence-corrected chi connectivity index (χ4v) is 4.53. The Kier molecular flexibility index (Phi) is 9.07. The monoisotopic (exact) mass is 464 g/mol. The number of benzene rings is 3. The van der Waals surface area contributed by atoms with Gasteiger partial charge in [0, 0.05) is 31.3 Å². The minimum Gasteiger partial charge on any atom is -0.357 e. The number of nitrogens with zero attached hydrogens (tertiary/aromatic N) is 1. The normalized spacial score (nSPS) is 11.6. The summed E-state index contributed by atoms with van der Waals surface area (Å²) in [4.78, 5) is 27.7. The Hall–Kier alpha value is -3.12. The molecule has 3 rings (SSSR count). The molecule has 172 valence electrons. The number of thioether (sulfide) groups is 1. The lowest BCUT2D eigenvalue weighted by atomic mass is 10.0. The minimum absolute atomic E-state index is 0.0292. The lowest BCUT2D eigenvalue weighted by Gasteiger charge is -2.31. The average molecular weight is 465 g/mol. The molecule has 0 aromatic heterocycles. The quantitative estimate of drug-likeness (QED) is 0.471. The van der Waals surface area contributed by atoms with Crippen molar-refractivity contribution in [3.05, 3.63) is 107 Å². The van der Waals surface area contributed by atoms with E-state index in [-0.39, 0.29) is 24.1 Å². The van der Waals surface area contributed by atoms with E-state index in [2.05, 4.69) is 11.4 Å². The Balaban J connectivity index is 1.82. The van der Waals surface area contributed by atoms with Crippen LogP contribution in [-0.2, 0) is 28.3 Å². The van der Waals surface area contributed by atoms with Crippen molar-refractivity contribution in [2.45, 2.75) is 31.7 Å². The van der Waals surface area contributed by atoms with Gasteiger partial charge in [0.05, 0.1) is 5.75 Å². The molecule has 1 N–H and O–H groups in total. The average Bonchev–Trinajstić information content (AvgIpc) is 2.82. The maximum atomic E-state index is 14.5. The second-order valence-corrected chi connectivity index (χ2v) is 8.90. The topological polar surface area (TPSA) is 49.4 Å². The number of amides is 2. The number of carbonyl (C=O) groups is 2. The fourth-order valence-electron chi connectivity index (χ4n) is 3.67. The molecule has 0 aliphatic carbocycles. The van der Waals surface area contributed by atoms with E-state index in [4.69, 9.17) is 0 Å². The molecule has 0 fully saturated rings. The van der Waals surface area contributed by atoms with E-state index in [1.165, 1.54) is 28.3 Å². The van der Waals surface area contributed by atoms with Crippen LogP contribution in [0.25, 0.3) is 0 Å². The Morgan fingerprint density at radius 1 is 0.970 bits per heavy atom. The van der Waals surface area contributed by atoms with Gasteiger partial charge in [0.25, 0.3) is 0 Å². The van der Waals surface area contributed by atoms with E-state index >= 15 is 0 Å². The molecule has 2 amide bonds. The Bertz CT molecular complexity index is 1070. The van der Waals surface area contributed by atoms with Crippen molar-refractivity contribution in [1.29, 1.82) is 0 Å². The van der Waals surface area contributed by atoms with Gasteiger partial charge in [-0.25, -0.2) is 4.39 Å². The zero-order valence-electron chi connectivity index (χ0n) is 19.0. The summed E-state index contributed by atoms with van der Waals surface area (Å²) in [6, 6.07) is 23.3. The number of carbonyl (C=O) groups excluding carboxylic acids is 2. The summed E-state index contributed by atoms with van der Waals surface area (Å²) in [5, 5.41) is 2.68. The molecule has 3 aromatic carbocycles. The molecular weight excluding hydrogens is 435 g/mol. The van der Waals surface area contributed by atoms with Gasteiger partial charge in [0.1, 0.15) is 11.9 Å². The standard InChI is InChI=1S/C27H29FN2O2S/c1-20-9-8-12-22(15-20)18-33-19-26(31)30(17-23-13-6-7-14-24(23)28)25(27(32)29-2)16-21-10-4-3-5-11-21/h3-15,25H,16-19H2,1-2H3,(H,29,32)/t25-/m0/s1. The third-order valence-electron chi connectivity index (χ3n) is 5.39. The van der Waals surface area contributed by atoms with Crippen molar-refractivity contribution in [2.75, 3.05) is 12.8 Å². The number of hydrogen-bond acceptors (Lipinski definition) is 3. The van der Waals surface area contributed by atoms with Crippen LogP contribution >= 0.6 is 11.8 Å². The van der Waals surface area contributed by atoms with Gasteiger partial charge in [-0.2, -0.15) is 0 Å². The molecule has 1 atom stereocenters. The first-order chi connectivity index (χ1) is 16.0. The van der Waals surface area contributed by atoms with E-state index in [1.807, 2.05) is 55.5 Å². The number of rotatable bonds is 10. The van der Waals surface area contributed by atoms with E-state index in [9.17, 15) is 14.0 Å². The third-order valence-corrected chi connectivity index (χ3v) is 6.38. The zero-order chi connectivity index (χ0) is 23.6. The van der Waals surface area contributed by atoms with Crippen LogP contribution in [0, 0.1) is 12.7 Å². The molecule has 0 radical (unpaired) electrons. The van der Waals surface area contributed by atoms with Crippen LogP contribution in [0.1, 0.15) is 22.3 Å². The lowest BCUT2D eigenvalue weighted by molar-refractivity contribution is -0.139. The summed E-state index contributed by atoms with van der Waals surface area (Å²) in [5.74, 6) is 0.0281. The first kappa shape index (κ1) is 24.5. The number of halogens is 1. The maximum Gasteiger partial charge on any atom is 0.242 e. The van der Waals surface area contributed by atoms with Crippen LogP contribution in [0.15, 0.2) is 78.9 Å². The Morgan fingerprint density at radius 2 is 1.67 bits per heavy atom. The highest BCUT2D eigenvalue weighted by molar-refractivity contribution is 7.99. The second kappa shape index (κ2) is 12.2. The molecule has 0 aliphatic rings. The van der Waals surface area contributed by atoms with Gasteiger partial charge in [-0.05, 0) is 24.1 Å². The van der Waals surface area contributed by atoms with Crippen LogP contribution in [0.2, 0.25) is 0 Å². The summed E-state index contributed by atoms with van der Waals surface area (Å²) in [6.07, 6.45) is 0.350. The van der Waals surface area contributed by atoms with Crippen LogP contribution in [0.5, 0.6) is 0 Å². The molecule has 0 saturated heterocycles. The van der Waals surface area contributed by atoms with Crippen molar-refractivity contribution in [3.63, 3.8) is 0 Å². The Morgan fingerprint density at radius 3 is 2.36 bits per heavy atom. The van der Waals surface area contributed by atoms with Gasteiger partial charge in [0.15, 0.2) is 0 Å². The SMILES string of the molecule is CNC(=O)[C@H](Cc1ccccc1)N(Cc1ccccc1F)C(=O)CSCc1cccc(C)c1. The van der Waals surface area contributed by atoms with E-state index in [1.54, 1.807) is 25.2 Å². The van der Waals surface area contributed by atoms with Crippen LogP contribution in [0.4, 0.5) is 4.39 Å². The molecular formula is C27H29FN2O2S. The van der Waals surface area contributed by atoms with Gasteiger partial charge in [-0.3, -0.25) is 9.59 Å². The van der Waals surface area contributed by atoms with Crippen LogP contribution in [-0.4, -0.2) is 35.6 Å². The van der Waals surface area contributed by atoms with Crippen molar-refractivity contribution >= 4 is 23.6 Å². The fraction of sp³-hybridized carbons (Fsp3) is 0.259. The second-order valence-electron chi connectivity index (χ2n) is 7.91. The molecule has 0 heterocycles. The molecule has 0 spiro atoms. The van der Waals surface area contributed by atoms with Crippen molar-refractivity contribution in [2.24, 2.45) is 0 Å². The summed E-state index contributed by atoms with van der Waals surface area (Å²) in [6.45, 7) is 2.06. The largest absolute Gasteiger partial charge is 0.357 e. The highest BCUT2D eigenvalue weighted by Crippen LogP contribution is 2.20. The maximum absolute atomic E-state index is 14.5. The molecule has 0 saturated carbocycles. The number of hydrogen-bond donors (Lipinski definition) is 1. The summed E-state index contributed by atoms with van der Waals surface area (Å²) in [7, 11) is 1.55. The molecule has 33 heavy (non-hydrogen) atoms. The molecule has 0 unspecified atom stereocenters. The molecule has 6 heteroatoms. The van der Waals surface area contributed by atoms with Crippen LogP contribution < -0.4 is 5.32 Å². The highest BCUT2D eigenvalue weighted by atomic mass is 32.2. The van der Waals surface area contributed by atoms with Gasteiger partial charge < -0.3 is 10.2 Å². The summed E-state index contributed by atoms with van der Waals surface area (Å²) >= 11 is 1.49. The zero-order valence-corrected chi connectivity index (χ0v) is 19.8. The smallest absolute Gasteiger partial charge is 0.242 e. The predicted molar refractivity (Wildman–Crippen MR) is 132 cm³/mol. The first-order valence-corrected chi connectivity index (χ1v) is 12.0. The molecule has 4 nitrogen and oxygen atoms in total. The number of likely N-dealkylation sites (N-methyl/N-ethyl adjacent to an activating group) is 1. The lowest BCUT2D eigenvalue weighted by Crippen LogP contribution is -2.50. The van der Waals surface area contributed by atoms with E-state index in [0.717, 1.165) is 11.1 Å². The Labute approximate surface area is 199 Å². The van der Waals surface area contributed by atoms with Crippen LogP contribution in [0.3, 0.4) is 0 Å². The van der Waals surface area contributed by atoms with E-state index in [0.29, 0.717) is 17.7 Å². The number of aryl methyl sites for hydroxylation is 1. The number of nitrogens with one attached hydrogen (secondary N) is 1. The van der Waals surface area contributed by atoms with Gasteiger partial charge in [-0.15, -0.1) is 11.8 Å². The molecule has 0 aliphatic heterocycles. The summed E-state index contributed by atoms with van der Waals surface area (Å²) in [5.41, 5.74) is 3.63. The first-order valence-electron chi connectivity index (χ1n) is 10.9. The highest BCUT2D eigenvalue weighted by Gasteiger charge is 2.30.